The van der Waals surface area contributed by atoms with Crippen molar-refractivity contribution in [3.8, 4) is 0 Å². The predicted molar refractivity (Wildman–Crippen MR) is 86.6 cm³/mol. The molecule has 4 nitrogen and oxygen atoms in total. The zero-order valence-corrected chi connectivity index (χ0v) is 14.1. The van der Waals surface area contributed by atoms with Gasteiger partial charge in [0.2, 0.25) is 0 Å². The molecule has 0 bridgehead atoms. The molecule has 1 aromatic carbocycles. The maximum Gasteiger partial charge on any atom is 0.293 e. The molecule has 21 heavy (non-hydrogen) atoms. The molecule has 0 aliphatic carbocycles. The number of benzene rings is 1. The van der Waals surface area contributed by atoms with Crippen LogP contribution in [-0.4, -0.2) is 4.92 Å². The summed E-state index contributed by atoms with van der Waals surface area (Å²) in [6, 6.07) is 4.22. The van der Waals surface area contributed by atoms with Gasteiger partial charge in [-0.15, -0.1) is 11.3 Å². The molecule has 0 radical (unpaired) electrons. The third-order valence-electron chi connectivity index (χ3n) is 3.15. The first-order valence-electron chi connectivity index (χ1n) is 6.26. The van der Waals surface area contributed by atoms with Crippen molar-refractivity contribution in [2.24, 2.45) is 0 Å². The molecule has 1 unspecified atom stereocenters. The lowest BCUT2D eigenvalue weighted by Gasteiger charge is -2.16. The van der Waals surface area contributed by atoms with E-state index in [2.05, 4.69) is 21.2 Å². The number of rotatable bonds is 4. The zero-order valence-electron chi connectivity index (χ0n) is 11.7. The Morgan fingerprint density at radius 1 is 1.38 bits per heavy atom. The van der Waals surface area contributed by atoms with E-state index in [-0.39, 0.29) is 21.9 Å². The molecule has 7 heteroatoms. The van der Waals surface area contributed by atoms with Crippen LogP contribution in [0.5, 0.6) is 0 Å². The minimum absolute atomic E-state index is 0.0787. The van der Waals surface area contributed by atoms with Crippen molar-refractivity contribution in [2.75, 3.05) is 5.32 Å². The van der Waals surface area contributed by atoms with E-state index in [9.17, 15) is 14.5 Å². The number of aryl methyl sites for hydroxylation is 2. The van der Waals surface area contributed by atoms with Crippen molar-refractivity contribution in [2.45, 2.75) is 26.8 Å². The molecule has 2 rings (SSSR count). The van der Waals surface area contributed by atoms with Gasteiger partial charge >= 0.3 is 0 Å². The lowest BCUT2D eigenvalue weighted by atomic mass is 10.1. The summed E-state index contributed by atoms with van der Waals surface area (Å²) in [5.41, 5.74) is 1.09. The molecule has 1 atom stereocenters. The maximum atomic E-state index is 13.7. The van der Waals surface area contributed by atoms with E-state index >= 15 is 0 Å². The number of nitro benzene ring substituents is 1. The normalized spacial score (nSPS) is 12.2. The average molecular weight is 373 g/mol. The van der Waals surface area contributed by atoms with Crippen LogP contribution in [0.25, 0.3) is 0 Å². The second-order valence-electron chi connectivity index (χ2n) is 4.78. The Labute approximate surface area is 134 Å². The number of anilines is 1. The first-order chi connectivity index (χ1) is 9.79. The van der Waals surface area contributed by atoms with Crippen molar-refractivity contribution in [3.05, 3.63) is 53.9 Å². The molecule has 0 saturated carbocycles. The molecule has 112 valence electrons. The molecule has 2 aromatic rings. The van der Waals surface area contributed by atoms with E-state index in [1.165, 1.54) is 10.9 Å². The highest BCUT2D eigenvalue weighted by molar-refractivity contribution is 9.10. The third-order valence-corrected chi connectivity index (χ3v) is 4.74. The van der Waals surface area contributed by atoms with Gasteiger partial charge in [0.25, 0.3) is 5.69 Å². The lowest BCUT2D eigenvalue weighted by Crippen LogP contribution is -2.09. The molecule has 0 spiro atoms. The zero-order chi connectivity index (χ0) is 15.7. The molecule has 0 aliphatic heterocycles. The average Bonchev–Trinajstić information content (AvgIpc) is 2.72. The van der Waals surface area contributed by atoms with Crippen LogP contribution in [0, 0.1) is 29.8 Å². The smallest absolute Gasteiger partial charge is 0.293 e. The summed E-state index contributed by atoms with van der Waals surface area (Å²) in [6.45, 7) is 5.91. The quantitative estimate of drug-likeness (QED) is 0.581. The Balaban J connectivity index is 2.36. The summed E-state index contributed by atoms with van der Waals surface area (Å²) in [7, 11) is 0. The van der Waals surface area contributed by atoms with Gasteiger partial charge in [0.15, 0.2) is 0 Å². The van der Waals surface area contributed by atoms with Crippen LogP contribution >= 0.6 is 27.3 Å². The summed E-state index contributed by atoms with van der Waals surface area (Å²) in [6.07, 6.45) is 0. The van der Waals surface area contributed by atoms with E-state index < -0.39 is 10.7 Å². The molecule has 1 aromatic heterocycles. The molecular formula is C14H14BrFN2O2S. The van der Waals surface area contributed by atoms with Crippen LogP contribution in [0.1, 0.15) is 28.3 Å². The highest BCUT2D eigenvalue weighted by atomic mass is 79.9. The van der Waals surface area contributed by atoms with Gasteiger partial charge in [0, 0.05) is 27.9 Å². The van der Waals surface area contributed by atoms with E-state index in [1.54, 1.807) is 11.3 Å². The van der Waals surface area contributed by atoms with Crippen LogP contribution in [0.4, 0.5) is 15.8 Å². The van der Waals surface area contributed by atoms with Gasteiger partial charge in [-0.1, -0.05) is 0 Å². The van der Waals surface area contributed by atoms with Crippen LogP contribution in [-0.2, 0) is 0 Å². The van der Waals surface area contributed by atoms with Gasteiger partial charge < -0.3 is 5.32 Å². The fraction of sp³-hybridized carbons (Fsp3) is 0.286. The molecule has 1 N–H and O–H groups in total. The fourth-order valence-electron chi connectivity index (χ4n) is 2.19. The van der Waals surface area contributed by atoms with E-state index in [1.807, 2.05) is 26.8 Å². The molecule has 0 aliphatic rings. The van der Waals surface area contributed by atoms with E-state index in [0.717, 1.165) is 16.5 Å². The SMILES string of the molecule is Cc1cc(C(C)Nc2cc(F)c(Br)cc2[N+](=O)[O-])c(C)s1. The maximum absolute atomic E-state index is 13.7. The van der Waals surface area contributed by atoms with Gasteiger partial charge in [0.05, 0.1) is 9.40 Å². The Hall–Kier alpha value is -1.47. The number of halogens is 2. The van der Waals surface area contributed by atoms with Crippen molar-refractivity contribution >= 4 is 38.6 Å². The van der Waals surface area contributed by atoms with E-state index in [0.29, 0.717) is 0 Å². The Bertz CT molecular complexity index is 703. The minimum atomic E-state index is -0.534. The molecule has 0 fully saturated rings. The van der Waals surface area contributed by atoms with Crippen LogP contribution in [0.2, 0.25) is 0 Å². The number of nitrogens with one attached hydrogen (secondary N) is 1. The summed E-state index contributed by atoms with van der Waals surface area (Å²) < 4.78 is 13.7. The second-order valence-corrected chi connectivity index (χ2v) is 7.09. The van der Waals surface area contributed by atoms with Crippen molar-refractivity contribution in [1.29, 1.82) is 0 Å². The van der Waals surface area contributed by atoms with Crippen molar-refractivity contribution < 1.29 is 9.31 Å². The van der Waals surface area contributed by atoms with E-state index in [4.69, 9.17) is 0 Å². The van der Waals surface area contributed by atoms with Crippen LogP contribution < -0.4 is 5.32 Å². The predicted octanol–water partition coefficient (Wildman–Crippen LogP) is 5.35. The second kappa shape index (κ2) is 6.11. The van der Waals surface area contributed by atoms with Gasteiger partial charge in [-0.3, -0.25) is 10.1 Å². The number of hydrogen-bond donors (Lipinski definition) is 1. The van der Waals surface area contributed by atoms with Crippen LogP contribution in [0.3, 0.4) is 0 Å². The van der Waals surface area contributed by atoms with Gasteiger partial charge in [-0.25, -0.2) is 4.39 Å². The highest BCUT2D eigenvalue weighted by Crippen LogP contribution is 2.34. The molecular weight excluding hydrogens is 359 g/mol. The first-order valence-corrected chi connectivity index (χ1v) is 7.87. The van der Waals surface area contributed by atoms with Crippen LogP contribution in [0.15, 0.2) is 22.7 Å². The first kappa shape index (κ1) is 15.9. The summed E-state index contributed by atoms with van der Waals surface area (Å²) in [5, 5.41) is 14.1. The highest BCUT2D eigenvalue weighted by Gasteiger charge is 2.20. The van der Waals surface area contributed by atoms with Gasteiger partial charge in [-0.2, -0.15) is 0 Å². The van der Waals surface area contributed by atoms with Gasteiger partial charge in [-0.05, 0) is 48.3 Å². The standard InChI is InChI=1S/C14H14BrFN2O2S/c1-7-4-10(9(3)21-7)8(2)17-13-6-12(16)11(15)5-14(13)18(19)20/h4-6,8,17H,1-3H3. The largest absolute Gasteiger partial charge is 0.373 e. The summed E-state index contributed by atoms with van der Waals surface area (Å²) in [5.74, 6) is -0.534. The molecule has 1 heterocycles. The van der Waals surface area contributed by atoms with Gasteiger partial charge in [0.1, 0.15) is 11.5 Å². The molecule has 0 saturated heterocycles. The van der Waals surface area contributed by atoms with Crippen molar-refractivity contribution in [3.63, 3.8) is 0 Å². The third kappa shape index (κ3) is 3.41. The number of nitro groups is 1. The Morgan fingerprint density at radius 2 is 2.05 bits per heavy atom. The Kier molecular flexibility index (Phi) is 4.63. The number of hydrogen-bond acceptors (Lipinski definition) is 4. The van der Waals surface area contributed by atoms with Crippen molar-refractivity contribution in [1.82, 2.24) is 0 Å². The fourth-order valence-corrected chi connectivity index (χ4v) is 3.55. The minimum Gasteiger partial charge on any atom is -0.373 e. The Morgan fingerprint density at radius 3 is 2.57 bits per heavy atom. The topological polar surface area (TPSA) is 55.2 Å². The summed E-state index contributed by atoms with van der Waals surface area (Å²) in [4.78, 5) is 12.9. The monoisotopic (exact) mass is 372 g/mol. The number of nitrogens with zero attached hydrogens (tertiary/aromatic N) is 1. The number of thiophene rings is 1. The molecule has 0 amide bonds. The lowest BCUT2D eigenvalue weighted by molar-refractivity contribution is -0.384. The summed E-state index contributed by atoms with van der Waals surface area (Å²) >= 11 is 4.64.